The molecule has 0 bridgehead atoms. The van der Waals surface area contributed by atoms with Crippen molar-refractivity contribution in [3.63, 3.8) is 0 Å². The summed E-state index contributed by atoms with van der Waals surface area (Å²) in [6.07, 6.45) is 2.30. The first-order chi connectivity index (χ1) is 12.4. The van der Waals surface area contributed by atoms with Gasteiger partial charge < -0.3 is 14.5 Å². The summed E-state index contributed by atoms with van der Waals surface area (Å²) in [5, 5.41) is 0. The molecule has 8 heteroatoms. The second kappa shape index (κ2) is 8.24. The lowest BCUT2D eigenvalue weighted by atomic mass is 9.98. The van der Waals surface area contributed by atoms with E-state index in [4.69, 9.17) is 4.74 Å². The predicted molar refractivity (Wildman–Crippen MR) is 90.9 cm³/mol. The third-order valence-corrected chi connectivity index (χ3v) is 5.03. The summed E-state index contributed by atoms with van der Waals surface area (Å²) in [7, 11) is 0. The largest absolute Gasteiger partial charge is 0.417 e. The summed E-state index contributed by atoms with van der Waals surface area (Å²) >= 11 is 0. The van der Waals surface area contributed by atoms with Crippen molar-refractivity contribution < 1.29 is 22.7 Å². The molecule has 1 saturated carbocycles. The lowest BCUT2D eigenvalue weighted by Crippen LogP contribution is -2.50. The summed E-state index contributed by atoms with van der Waals surface area (Å²) < 4.78 is 43.5. The summed E-state index contributed by atoms with van der Waals surface area (Å²) in [5.74, 6) is 0.485. The van der Waals surface area contributed by atoms with Crippen LogP contribution in [-0.2, 0) is 15.7 Å². The number of carbonyl (C=O) groups is 1. The van der Waals surface area contributed by atoms with E-state index in [9.17, 15) is 18.0 Å². The van der Waals surface area contributed by atoms with Crippen LogP contribution < -0.4 is 4.90 Å². The maximum Gasteiger partial charge on any atom is 0.417 e. The summed E-state index contributed by atoms with van der Waals surface area (Å²) in [6.45, 7) is 2.26. The lowest BCUT2D eigenvalue weighted by molar-refractivity contribution is -0.139. The van der Waals surface area contributed by atoms with Crippen LogP contribution in [0.15, 0.2) is 18.3 Å². The van der Waals surface area contributed by atoms with Gasteiger partial charge in [-0.15, -0.1) is 0 Å². The Hall–Kier alpha value is -1.83. The molecule has 1 aromatic heterocycles. The standard InChI is InChI=1S/C18H24F3N3O2/c19-18(20,21)14-6-7-16(22-12-14)23-8-10-24(11-9-23)17(25)13-26-15-4-2-1-3-5-15/h6-7,12,15H,1-5,8-11,13H2. The van der Waals surface area contributed by atoms with Crippen LogP contribution in [0.4, 0.5) is 19.0 Å². The smallest absolute Gasteiger partial charge is 0.368 e. The number of amides is 1. The predicted octanol–water partition coefficient (Wildman–Crippen LogP) is 3.10. The van der Waals surface area contributed by atoms with E-state index >= 15 is 0 Å². The third kappa shape index (κ3) is 4.87. The Morgan fingerprint density at radius 3 is 2.38 bits per heavy atom. The molecular formula is C18H24F3N3O2. The minimum Gasteiger partial charge on any atom is -0.368 e. The van der Waals surface area contributed by atoms with E-state index in [1.807, 2.05) is 4.90 Å². The van der Waals surface area contributed by atoms with Crippen LogP contribution in [0.2, 0.25) is 0 Å². The van der Waals surface area contributed by atoms with E-state index in [0.717, 1.165) is 37.9 Å². The first-order valence-corrected chi connectivity index (χ1v) is 9.11. The molecule has 1 aliphatic carbocycles. The van der Waals surface area contributed by atoms with Gasteiger partial charge in [0.1, 0.15) is 12.4 Å². The highest BCUT2D eigenvalue weighted by Crippen LogP contribution is 2.29. The zero-order valence-electron chi connectivity index (χ0n) is 14.7. The number of rotatable bonds is 4. The van der Waals surface area contributed by atoms with Crippen molar-refractivity contribution in [1.82, 2.24) is 9.88 Å². The van der Waals surface area contributed by atoms with Gasteiger partial charge in [-0.2, -0.15) is 13.2 Å². The van der Waals surface area contributed by atoms with Gasteiger partial charge in [-0.1, -0.05) is 19.3 Å². The van der Waals surface area contributed by atoms with E-state index < -0.39 is 11.7 Å². The van der Waals surface area contributed by atoms with Crippen LogP contribution in [0.3, 0.4) is 0 Å². The van der Waals surface area contributed by atoms with Crippen molar-refractivity contribution in [3.05, 3.63) is 23.9 Å². The number of nitrogens with zero attached hydrogens (tertiary/aromatic N) is 3. The number of hydrogen-bond acceptors (Lipinski definition) is 4. The first-order valence-electron chi connectivity index (χ1n) is 9.11. The Labute approximate surface area is 151 Å². The molecule has 1 saturated heterocycles. The van der Waals surface area contributed by atoms with E-state index in [-0.39, 0.29) is 18.6 Å². The fraction of sp³-hybridized carbons (Fsp3) is 0.667. The van der Waals surface area contributed by atoms with Crippen LogP contribution in [0.5, 0.6) is 0 Å². The second-order valence-electron chi connectivity index (χ2n) is 6.84. The quantitative estimate of drug-likeness (QED) is 0.816. The van der Waals surface area contributed by atoms with Gasteiger partial charge in [0.2, 0.25) is 5.91 Å². The number of ether oxygens (including phenoxy) is 1. The third-order valence-electron chi connectivity index (χ3n) is 5.03. The second-order valence-corrected chi connectivity index (χ2v) is 6.84. The summed E-state index contributed by atoms with van der Waals surface area (Å²) in [5.41, 5.74) is -0.755. The number of piperazine rings is 1. The van der Waals surface area contributed by atoms with Crippen LogP contribution in [0, 0.1) is 0 Å². The molecule has 1 aromatic rings. The lowest BCUT2D eigenvalue weighted by Gasteiger charge is -2.35. The van der Waals surface area contributed by atoms with Crippen LogP contribution in [0.25, 0.3) is 0 Å². The topological polar surface area (TPSA) is 45.7 Å². The van der Waals surface area contributed by atoms with Gasteiger partial charge in [0.15, 0.2) is 0 Å². The van der Waals surface area contributed by atoms with Crippen LogP contribution in [-0.4, -0.2) is 54.7 Å². The van der Waals surface area contributed by atoms with Gasteiger partial charge in [0.25, 0.3) is 0 Å². The van der Waals surface area contributed by atoms with Crippen molar-refractivity contribution in [2.24, 2.45) is 0 Å². The number of alkyl halides is 3. The van der Waals surface area contributed by atoms with Crippen molar-refractivity contribution in [2.45, 2.75) is 44.4 Å². The molecule has 0 radical (unpaired) electrons. The molecule has 0 N–H and O–H groups in total. The first kappa shape index (κ1) is 18.9. The molecule has 2 fully saturated rings. The van der Waals surface area contributed by atoms with Gasteiger partial charge >= 0.3 is 6.18 Å². The van der Waals surface area contributed by atoms with E-state index in [1.54, 1.807) is 4.90 Å². The minimum atomic E-state index is -4.38. The number of hydrogen-bond donors (Lipinski definition) is 0. The molecule has 144 valence electrons. The van der Waals surface area contributed by atoms with Crippen molar-refractivity contribution >= 4 is 11.7 Å². The van der Waals surface area contributed by atoms with Crippen LogP contribution in [0.1, 0.15) is 37.7 Å². The highest BCUT2D eigenvalue weighted by Gasteiger charge is 2.31. The molecule has 2 aliphatic rings. The molecule has 2 heterocycles. The van der Waals surface area contributed by atoms with Crippen LogP contribution >= 0.6 is 0 Å². The number of anilines is 1. The number of carbonyl (C=O) groups excluding carboxylic acids is 1. The zero-order valence-corrected chi connectivity index (χ0v) is 14.7. The fourth-order valence-corrected chi connectivity index (χ4v) is 3.44. The average molecular weight is 371 g/mol. The molecule has 5 nitrogen and oxygen atoms in total. The van der Waals surface area contributed by atoms with Gasteiger partial charge in [-0.25, -0.2) is 4.98 Å². The molecule has 1 amide bonds. The van der Waals surface area contributed by atoms with Gasteiger partial charge in [-0.05, 0) is 25.0 Å². The Bertz CT molecular complexity index is 593. The zero-order chi connectivity index (χ0) is 18.6. The normalized spacial score (nSPS) is 19.7. The monoisotopic (exact) mass is 371 g/mol. The Balaban J connectivity index is 1.45. The highest BCUT2D eigenvalue weighted by atomic mass is 19.4. The molecule has 1 aliphatic heterocycles. The fourth-order valence-electron chi connectivity index (χ4n) is 3.44. The van der Waals surface area contributed by atoms with Gasteiger partial charge in [-0.3, -0.25) is 4.79 Å². The van der Waals surface area contributed by atoms with Gasteiger partial charge in [0, 0.05) is 32.4 Å². The maximum absolute atomic E-state index is 12.6. The molecule has 26 heavy (non-hydrogen) atoms. The molecule has 0 atom stereocenters. The molecule has 0 spiro atoms. The maximum atomic E-state index is 12.6. The van der Waals surface area contributed by atoms with E-state index in [0.29, 0.717) is 32.0 Å². The average Bonchev–Trinajstić information content (AvgIpc) is 2.66. The molecular weight excluding hydrogens is 347 g/mol. The molecule has 0 unspecified atom stereocenters. The van der Waals surface area contributed by atoms with Crippen molar-refractivity contribution in [2.75, 3.05) is 37.7 Å². The van der Waals surface area contributed by atoms with Gasteiger partial charge in [0.05, 0.1) is 11.7 Å². The van der Waals surface area contributed by atoms with E-state index in [2.05, 4.69) is 4.98 Å². The summed E-state index contributed by atoms with van der Waals surface area (Å²) in [6, 6.07) is 2.42. The summed E-state index contributed by atoms with van der Waals surface area (Å²) in [4.78, 5) is 19.8. The Kier molecular flexibility index (Phi) is 6.01. The Morgan fingerprint density at radius 2 is 1.81 bits per heavy atom. The number of pyridine rings is 1. The molecule has 3 rings (SSSR count). The molecule has 0 aromatic carbocycles. The van der Waals surface area contributed by atoms with E-state index in [1.165, 1.54) is 12.5 Å². The Morgan fingerprint density at radius 1 is 1.12 bits per heavy atom. The van der Waals surface area contributed by atoms with Crippen molar-refractivity contribution in [3.8, 4) is 0 Å². The highest BCUT2D eigenvalue weighted by molar-refractivity contribution is 5.77. The SMILES string of the molecule is O=C(COC1CCCCC1)N1CCN(c2ccc(C(F)(F)F)cn2)CC1. The number of aromatic nitrogens is 1. The number of halogens is 3. The minimum absolute atomic E-state index is 0.0180. The van der Waals surface area contributed by atoms with Crippen molar-refractivity contribution in [1.29, 1.82) is 0 Å².